The molecule has 3 rings (SSSR count). The van der Waals surface area contributed by atoms with Crippen LogP contribution in [0.3, 0.4) is 0 Å². The molecule has 148 valence electrons. The van der Waals surface area contributed by atoms with Crippen LogP contribution >= 0.6 is 0 Å². The summed E-state index contributed by atoms with van der Waals surface area (Å²) in [6.07, 6.45) is 1.72. The molecule has 8 heteroatoms. The van der Waals surface area contributed by atoms with Crippen molar-refractivity contribution >= 4 is 27.4 Å². The van der Waals surface area contributed by atoms with Crippen molar-refractivity contribution in [1.29, 1.82) is 0 Å². The Morgan fingerprint density at radius 3 is 2.50 bits per heavy atom. The van der Waals surface area contributed by atoms with Crippen LogP contribution < -0.4 is 10.1 Å². The Balaban J connectivity index is 1.63. The first-order chi connectivity index (χ1) is 13.4. The molecule has 0 saturated carbocycles. The Kier molecular flexibility index (Phi) is 6.11. The van der Waals surface area contributed by atoms with Crippen molar-refractivity contribution in [2.24, 2.45) is 0 Å². The van der Waals surface area contributed by atoms with Crippen LogP contribution in [-0.4, -0.2) is 44.1 Å². The van der Waals surface area contributed by atoms with Crippen LogP contribution in [0.25, 0.3) is 0 Å². The van der Waals surface area contributed by atoms with Crippen molar-refractivity contribution in [1.82, 2.24) is 4.31 Å². The lowest BCUT2D eigenvalue weighted by atomic mass is 10.1. The predicted octanol–water partition coefficient (Wildman–Crippen LogP) is 2.69. The molecule has 0 radical (unpaired) electrons. The van der Waals surface area contributed by atoms with E-state index in [1.807, 2.05) is 0 Å². The normalized spacial score (nSPS) is 14.6. The highest BCUT2D eigenvalue weighted by Gasteiger charge is 2.27. The van der Waals surface area contributed by atoms with E-state index in [2.05, 4.69) is 5.32 Å². The summed E-state index contributed by atoms with van der Waals surface area (Å²) in [7, 11) is -3.55. The Hall–Kier alpha value is -2.71. The summed E-state index contributed by atoms with van der Waals surface area (Å²) in [6, 6.07) is 12.8. The van der Waals surface area contributed by atoms with E-state index < -0.39 is 15.9 Å². The van der Waals surface area contributed by atoms with Gasteiger partial charge in [0.15, 0.2) is 12.4 Å². The minimum Gasteiger partial charge on any atom is -0.484 e. The zero-order chi connectivity index (χ0) is 20.1. The number of nitrogens with one attached hydrogen (secondary N) is 1. The molecule has 1 amide bonds. The molecule has 7 nitrogen and oxygen atoms in total. The maximum Gasteiger partial charge on any atom is 0.262 e. The zero-order valence-corrected chi connectivity index (χ0v) is 16.4. The summed E-state index contributed by atoms with van der Waals surface area (Å²) in [5.74, 6) is -0.108. The molecule has 28 heavy (non-hydrogen) atoms. The Morgan fingerprint density at radius 1 is 1.07 bits per heavy atom. The lowest BCUT2D eigenvalue weighted by Gasteiger charge is -2.16. The van der Waals surface area contributed by atoms with E-state index in [-0.39, 0.29) is 17.3 Å². The number of ether oxygens (including phenoxy) is 1. The Labute approximate surface area is 164 Å². The molecule has 1 fully saturated rings. The number of Topliss-reactive ketones (excluding diaryl/α,β-unsaturated/α-hetero) is 1. The first-order valence-electron chi connectivity index (χ1n) is 9.00. The van der Waals surface area contributed by atoms with Gasteiger partial charge in [-0.1, -0.05) is 18.2 Å². The molecule has 0 unspecified atom stereocenters. The second-order valence-corrected chi connectivity index (χ2v) is 8.50. The average Bonchev–Trinajstić information content (AvgIpc) is 3.22. The second kappa shape index (κ2) is 8.53. The van der Waals surface area contributed by atoms with Gasteiger partial charge in [-0.05, 0) is 50.1 Å². The van der Waals surface area contributed by atoms with Crippen LogP contribution in [0.4, 0.5) is 5.69 Å². The lowest BCUT2D eigenvalue weighted by molar-refractivity contribution is -0.118. The molecule has 0 spiro atoms. The van der Waals surface area contributed by atoms with E-state index in [1.54, 1.807) is 36.4 Å². The fourth-order valence-corrected chi connectivity index (χ4v) is 4.53. The highest BCUT2D eigenvalue weighted by atomic mass is 32.2. The van der Waals surface area contributed by atoms with Crippen LogP contribution in [0.5, 0.6) is 5.75 Å². The number of nitrogens with zero attached hydrogens (tertiary/aromatic N) is 1. The van der Waals surface area contributed by atoms with Gasteiger partial charge in [0.05, 0.1) is 4.90 Å². The number of anilines is 1. The first kappa shape index (κ1) is 20.0. The fourth-order valence-electron chi connectivity index (χ4n) is 2.96. The highest BCUT2D eigenvalue weighted by Crippen LogP contribution is 2.23. The molecule has 0 bridgehead atoms. The molecule has 1 N–H and O–H groups in total. The number of carbonyl (C=O) groups is 2. The third-order valence-corrected chi connectivity index (χ3v) is 6.33. The smallest absolute Gasteiger partial charge is 0.262 e. The molecule has 1 aliphatic heterocycles. The number of sulfonamides is 1. The number of amides is 1. The third-order valence-electron chi connectivity index (χ3n) is 4.43. The van der Waals surface area contributed by atoms with Crippen molar-refractivity contribution in [3.63, 3.8) is 0 Å². The minimum atomic E-state index is -3.55. The molecule has 1 aliphatic rings. The topological polar surface area (TPSA) is 92.8 Å². The highest BCUT2D eigenvalue weighted by molar-refractivity contribution is 7.89. The monoisotopic (exact) mass is 402 g/mol. The third kappa shape index (κ3) is 4.76. The molecule has 2 aromatic rings. The molecule has 0 aliphatic carbocycles. The van der Waals surface area contributed by atoms with E-state index in [4.69, 9.17) is 4.74 Å². The van der Waals surface area contributed by atoms with Crippen molar-refractivity contribution in [2.45, 2.75) is 24.7 Å². The minimum absolute atomic E-state index is 0.0917. The van der Waals surface area contributed by atoms with E-state index in [9.17, 15) is 18.0 Å². The van der Waals surface area contributed by atoms with Gasteiger partial charge in [0.1, 0.15) is 5.75 Å². The maximum atomic E-state index is 12.6. The van der Waals surface area contributed by atoms with Crippen molar-refractivity contribution in [2.75, 3.05) is 25.0 Å². The van der Waals surface area contributed by atoms with Gasteiger partial charge in [0.2, 0.25) is 10.0 Å². The Morgan fingerprint density at radius 2 is 1.79 bits per heavy atom. The summed E-state index contributed by atoms with van der Waals surface area (Å²) in [5, 5.41) is 2.64. The van der Waals surface area contributed by atoms with E-state index in [1.165, 1.54) is 23.4 Å². The maximum absolute atomic E-state index is 12.6. The van der Waals surface area contributed by atoms with Crippen LogP contribution in [0.15, 0.2) is 53.4 Å². The van der Waals surface area contributed by atoms with Gasteiger partial charge in [-0.25, -0.2) is 8.42 Å². The quantitative estimate of drug-likeness (QED) is 0.719. The van der Waals surface area contributed by atoms with Gasteiger partial charge in [0, 0.05) is 24.3 Å². The molecule has 2 aromatic carbocycles. The number of rotatable bonds is 7. The largest absolute Gasteiger partial charge is 0.484 e. The van der Waals surface area contributed by atoms with Crippen molar-refractivity contribution < 1.29 is 22.7 Å². The number of hydrogen-bond acceptors (Lipinski definition) is 5. The second-order valence-electron chi connectivity index (χ2n) is 6.56. The number of hydrogen-bond donors (Lipinski definition) is 1. The summed E-state index contributed by atoms with van der Waals surface area (Å²) >= 11 is 0. The van der Waals surface area contributed by atoms with Crippen molar-refractivity contribution in [3.8, 4) is 5.75 Å². The Bertz CT molecular complexity index is 982. The van der Waals surface area contributed by atoms with Crippen LogP contribution in [0, 0.1) is 0 Å². The van der Waals surface area contributed by atoms with E-state index >= 15 is 0 Å². The van der Waals surface area contributed by atoms with E-state index in [0.717, 1.165) is 12.8 Å². The summed E-state index contributed by atoms with van der Waals surface area (Å²) in [4.78, 5) is 23.7. The van der Waals surface area contributed by atoms with Gasteiger partial charge >= 0.3 is 0 Å². The van der Waals surface area contributed by atoms with Gasteiger partial charge in [0.25, 0.3) is 5.91 Å². The van der Waals surface area contributed by atoms with Gasteiger partial charge < -0.3 is 10.1 Å². The number of benzene rings is 2. The summed E-state index contributed by atoms with van der Waals surface area (Å²) < 4.78 is 32.1. The van der Waals surface area contributed by atoms with Crippen molar-refractivity contribution in [3.05, 3.63) is 54.1 Å². The molecule has 1 heterocycles. The molecular weight excluding hydrogens is 380 g/mol. The lowest BCUT2D eigenvalue weighted by Crippen LogP contribution is -2.28. The van der Waals surface area contributed by atoms with Gasteiger partial charge in [-0.2, -0.15) is 4.31 Å². The van der Waals surface area contributed by atoms with Gasteiger partial charge in [-0.15, -0.1) is 0 Å². The van der Waals surface area contributed by atoms with E-state index in [0.29, 0.717) is 30.1 Å². The van der Waals surface area contributed by atoms with Crippen LogP contribution in [-0.2, 0) is 14.8 Å². The zero-order valence-electron chi connectivity index (χ0n) is 15.6. The molecule has 1 saturated heterocycles. The van der Waals surface area contributed by atoms with Crippen LogP contribution in [0.2, 0.25) is 0 Å². The molecule has 0 aromatic heterocycles. The van der Waals surface area contributed by atoms with Gasteiger partial charge in [-0.3, -0.25) is 9.59 Å². The van der Waals surface area contributed by atoms with Crippen LogP contribution in [0.1, 0.15) is 30.1 Å². The number of carbonyl (C=O) groups excluding carboxylic acids is 2. The molecular formula is C20H22N2O5S. The average molecular weight is 402 g/mol. The number of ketones is 1. The predicted molar refractivity (Wildman–Crippen MR) is 105 cm³/mol. The molecule has 0 atom stereocenters. The standard InChI is InChI=1S/C20H22N2O5S/c1-15(23)16-6-4-8-18(12-16)27-14-20(24)21-17-7-5-9-19(13-17)28(25,26)22-10-2-3-11-22/h4-9,12-13H,2-3,10-11,14H2,1H3,(H,21,24). The summed E-state index contributed by atoms with van der Waals surface area (Å²) in [5.41, 5.74) is 0.879. The first-order valence-corrected chi connectivity index (χ1v) is 10.4. The summed E-state index contributed by atoms with van der Waals surface area (Å²) in [6.45, 7) is 2.23. The fraction of sp³-hybridized carbons (Fsp3) is 0.300. The SMILES string of the molecule is CC(=O)c1cccc(OCC(=O)Nc2cccc(S(=O)(=O)N3CCCC3)c2)c1.